The smallest absolute Gasteiger partial charge is 0.420 e. The topological polar surface area (TPSA) is 61.4 Å². The van der Waals surface area contributed by atoms with Crippen molar-refractivity contribution in [2.75, 3.05) is 7.11 Å². The minimum atomic E-state index is -0.462. The van der Waals surface area contributed by atoms with E-state index in [1.807, 2.05) is 31.2 Å². The molecule has 0 unspecified atom stereocenters. The lowest BCUT2D eigenvalue weighted by atomic mass is 10.1. The van der Waals surface area contributed by atoms with Crippen LogP contribution in [0.1, 0.15) is 21.5 Å². The number of carbonyl (C=O) groups is 1. The Labute approximate surface area is 126 Å². The van der Waals surface area contributed by atoms with Crippen LogP contribution in [0.5, 0.6) is 0 Å². The number of benzene rings is 2. The summed E-state index contributed by atoms with van der Waals surface area (Å²) in [6.07, 6.45) is 0. The molecule has 0 N–H and O–H groups in total. The summed E-state index contributed by atoms with van der Waals surface area (Å²) in [5.74, 6) is -0.909. The van der Waals surface area contributed by atoms with Gasteiger partial charge in [0.15, 0.2) is 5.58 Å². The minimum absolute atomic E-state index is 0.353. The fourth-order valence-electron chi connectivity index (χ4n) is 2.34. The highest BCUT2D eigenvalue weighted by Crippen LogP contribution is 2.17. The number of carbonyl (C=O) groups excluding carboxylic acids is 1. The van der Waals surface area contributed by atoms with Gasteiger partial charge in [0.25, 0.3) is 0 Å². The summed E-state index contributed by atoms with van der Waals surface area (Å²) in [4.78, 5) is 23.6. The van der Waals surface area contributed by atoms with E-state index < -0.39 is 11.7 Å². The quantitative estimate of drug-likeness (QED) is 0.697. The van der Waals surface area contributed by atoms with Crippen molar-refractivity contribution in [1.82, 2.24) is 4.57 Å². The molecule has 1 aromatic heterocycles. The van der Waals surface area contributed by atoms with Crippen molar-refractivity contribution < 1.29 is 13.9 Å². The lowest BCUT2D eigenvalue weighted by molar-refractivity contribution is 0.0601. The number of aromatic nitrogens is 1. The second kappa shape index (κ2) is 5.52. The van der Waals surface area contributed by atoms with Crippen molar-refractivity contribution in [2.24, 2.45) is 0 Å². The van der Waals surface area contributed by atoms with Crippen LogP contribution in [0.2, 0.25) is 0 Å². The van der Waals surface area contributed by atoms with E-state index in [0.717, 1.165) is 11.1 Å². The van der Waals surface area contributed by atoms with Gasteiger partial charge in [-0.05, 0) is 30.7 Å². The fourth-order valence-corrected chi connectivity index (χ4v) is 2.34. The van der Waals surface area contributed by atoms with Gasteiger partial charge in [0.2, 0.25) is 0 Å². The zero-order valence-corrected chi connectivity index (χ0v) is 12.3. The zero-order valence-electron chi connectivity index (χ0n) is 12.3. The van der Waals surface area contributed by atoms with Crippen LogP contribution in [0.25, 0.3) is 11.1 Å². The normalized spacial score (nSPS) is 10.8. The van der Waals surface area contributed by atoms with Crippen LogP contribution >= 0.6 is 0 Å². The number of hydrogen-bond acceptors (Lipinski definition) is 4. The van der Waals surface area contributed by atoms with Crippen LogP contribution in [0.15, 0.2) is 51.7 Å². The highest BCUT2D eigenvalue weighted by atomic mass is 16.5. The Morgan fingerprint density at radius 2 is 1.91 bits per heavy atom. The molecule has 22 heavy (non-hydrogen) atoms. The van der Waals surface area contributed by atoms with Gasteiger partial charge < -0.3 is 9.15 Å². The van der Waals surface area contributed by atoms with Crippen LogP contribution in [-0.2, 0) is 11.3 Å². The maximum Gasteiger partial charge on any atom is 0.420 e. The molecule has 5 heteroatoms. The molecule has 3 rings (SSSR count). The summed E-state index contributed by atoms with van der Waals surface area (Å²) in [7, 11) is 1.31. The summed E-state index contributed by atoms with van der Waals surface area (Å²) in [6.45, 7) is 2.43. The number of oxazole rings is 1. The standard InChI is InChI=1S/C17H15NO4/c1-11-3-5-12(6-4-11)10-18-14-8-7-13(16(19)21-2)9-15(14)22-17(18)20/h3-9H,10H2,1-2H3. The van der Waals surface area contributed by atoms with Crippen molar-refractivity contribution in [3.63, 3.8) is 0 Å². The predicted octanol–water partition coefficient (Wildman–Crippen LogP) is 2.74. The maximum atomic E-state index is 12.0. The monoisotopic (exact) mass is 297 g/mol. The van der Waals surface area contributed by atoms with Gasteiger partial charge in [-0.3, -0.25) is 4.57 Å². The number of ether oxygens (including phenoxy) is 1. The van der Waals surface area contributed by atoms with Crippen LogP contribution in [0.3, 0.4) is 0 Å². The number of aryl methyl sites for hydroxylation is 1. The van der Waals surface area contributed by atoms with Crippen molar-refractivity contribution in [3.8, 4) is 0 Å². The van der Waals surface area contributed by atoms with E-state index in [1.165, 1.54) is 13.2 Å². The summed E-state index contributed by atoms with van der Waals surface area (Å²) >= 11 is 0. The van der Waals surface area contributed by atoms with Crippen molar-refractivity contribution in [3.05, 3.63) is 69.7 Å². The molecule has 5 nitrogen and oxygen atoms in total. The van der Waals surface area contributed by atoms with E-state index in [4.69, 9.17) is 4.42 Å². The van der Waals surface area contributed by atoms with Crippen molar-refractivity contribution >= 4 is 17.1 Å². The second-order valence-electron chi connectivity index (χ2n) is 5.11. The minimum Gasteiger partial charge on any atom is -0.465 e. The zero-order chi connectivity index (χ0) is 15.7. The lowest BCUT2D eigenvalue weighted by Crippen LogP contribution is -2.14. The van der Waals surface area contributed by atoms with Crippen LogP contribution in [-0.4, -0.2) is 17.6 Å². The molecule has 3 aromatic rings. The molecule has 0 spiro atoms. The molecule has 0 aliphatic heterocycles. The molecular formula is C17H15NO4. The Morgan fingerprint density at radius 3 is 2.59 bits per heavy atom. The SMILES string of the molecule is COC(=O)c1ccc2c(c1)oc(=O)n2Cc1ccc(C)cc1. The molecule has 0 aliphatic carbocycles. The molecule has 0 atom stereocenters. The largest absolute Gasteiger partial charge is 0.465 e. The van der Waals surface area contributed by atoms with Gasteiger partial charge in [-0.15, -0.1) is 0 Å². The molecule has 2 aromatic carbocycles. The average molecular weight is 297 g/mol. The number of esters is 1. The highest BCUT2D eigenvalue weighted by molar-refractivity contribution is 5.93. The maximum absolute atomic E-state index is 12.0. The van der Waals surface area contributed by atoms with Crippen molar-refractivity contribution in [1.29, 1.82) is 0 Å². The third kappa shape index (κ3) is 2.53. The molecule has 0 saturated heterocycles. The average Bonchev–Trinajstić information content (AvgIpc) is 2.83. The first-order valence-electron chi connectivity index (χ1n) is 6.86. The Morgan fingerprint density at radius 1 is 1.18 bits per heavy atom. The predicted molar refractivity (Wildman–Crippen MR) is 82.1 cm³/mol. The van der Waals surface area contributed by atoms with Crippen LogP contribution in [0, 0.1) is 6.92 Å². The van der Waals surface area contributed by atoms with Gasteiger partial charge >= 0.3 is 11.7 Å². The van der Waals surface area contributed by atoms with E-state index in [0.29, 0.717) is 23.2 Å². The summed E-state index contributed by atoms with van der Waals surface area (Å²) in [5.41, 5.74) is 3.55. The number of nitrogens with zero attached hydrogens (tertiary/aromatic N) is 1. The molecule has 0 radical (unpaired) electrons. The summed E-state index contributed by atoms with van der Waals surface area (Å²) in [5, 5.41) is 0. The summed E-state index contributed by atoms with van der Waals surface area (Å²) < 4.78 is 11.4. The van der Waals surface area contributed by atoms with E-state index in [1.54, 1.807) is 16.7 Å². The molecule has 0 bridgehead atoms. The number of fused-ring (bicyclic) bond motifs is 1. The van der Waals surface area contributed by atoms with E-state index in [9.17, 15) is 9.59 Å². The number of hydrogen-bond donors (Lipinski definition) is 0. The molecule has 0 amide bonds. The molecule has 0 saturated carbocycles. The molecule has 112 valence electrons. The van der Waals surface area contributed by atoms with Gasteiger partial charge in [-0.1, -0.05) is 29.8 Å². The first-order chi connectivity index (χ1) is 10.6. The van der Waals surface area contributed by atoms with Gasteiger partial charge in [-0.25, -0.2) is 9.59 Å². The first-order valence-corrected chi connectivity index (χ1v) is 6.86. The Hall–Kier alpha value is -2.82. The fraction of sp³-hybridized carbons (Fsp3) is 0.176. The highest BCUT2D eigenvalue weighted by Gasteiger charge is 2.13. The number of methoxy groups -OCH3 is 1. The van der Waals surface area contributed by atoms with E-state index >= 15 is 0 Å². The lowest BCUT2D eigenvalue weighted by Gasteiger charge is -2.04. The van der Waals surface area contributed by atoms with Crippen LogP contribution < -0.4 is 5.76 Å². The third-order valence-corrected chi connectivity index (χ3v) is 3.55. The Balaban J connectivity index is 2.03. The van der Waals surface area contributed by atoms with Crippen LogP contribution in [0.4, 0.5) is 0 Å². The van der Waals surface area contributed by atoms with Crippen molar-refractivity contribution in [2.45, 2.75) is 13.5 Å². The van der Waals surface area contributed by atoms with Gasteiger partial charge in [0.1, 0.15) is 0 Å². The Bertz CT molecular complexity index is 887. The first kappa shape index (κ1) is 14.1. The van der Waals surface area contributed by atoms with E-state index in [-0.39, 0.29) is 0 Å². The molecular weight excluding hydrogens is 282 g/mol. The Kier molecular flexibility index (Phi) is 3.55. The molecule has 1 heterocycles. The molecule has 0 fully saturated rings. The summed E-state index contributed by atoms with van der Waals surface area (Å²) in [6, 6.07) is 12.8. The van der Waals surface area contributed by atoms with Gasteiger partial charge in [0, 0.05) is 0 Å². The second-order valence-corrected chi connectivity index (χ2v) is 5.11. The number of rotatable bonds is 3. The van der Waals surface area contributed by atoms with Gasteiger partial charge in [0.05, 0.1) is 24.7 Å². The van der Waals surface area contributed by atoms with Gasteiger partial charge in [-0.2, -0.15) is 0 Å². The van der Waals surface area contributed by atoms with E-state index in [2.05, 4.69) is 4.74 Å². The molecule has 0 aliphatic rings. The third-order valence-electron chi connectivity index (χ3n) is 3.55.